The van der Waals surface area contributed by atoms with Crippen LogP contribution in [0.2, 0.25) is 0 Å². The molecule has 0 spiro atoms. The van der Waals surface area contributed by atoms with Gasteiger partial charge in [-0.1, -0.05) is 0 Å². The van der Waals surface area contributed by atoms with Gasteiger partial charge in [-0.05, 0) is 44.4 Å². The number of aromatic nitrogens is 2. The van der Waals surface area contributed by atoms with E-state index in [-0.39, 0.29) is 12.5 Å². The number of carbonyl (C=O) groups is 1. The first kappa shape index (κ1) is 16.2. The number of hydrogen-bond acceptors (Lipinski definition) is 5. The lowest BCUT2D eigenvalue weighted by atomic mass is 9.96. The van der Waals surface area contributed by atoms with Crippen molar-refractivity contribution >= 4 is 17.2 Å². The number of aliphatic hydroxyl groups excluding tert-OH is 1. The molecule has 1 saturated heterocycles. The molecule has 0 unspecified atom stereocenters. The van der Waals surface area contributed by atoms with Crippen molar-refractivity contribution in [2.24, 2.45) is 0 Å². The number of amides is 1. The number of aryl methyl sites for hydroxylation is 1. The Kier molecular flexibility index (Phi) is 4.52. The van der Waals surface area contributed by atoms with Crippen LogP contribution in [-0.2, 0) is 0 Å². The van der Waals surface area contributed by atoms with Crippen LogP contribution in [-0.4, -0.2) is 56.5 Å². The number of thiophene rings is 1. The monoisotopic (exact) mass is 335 g/mol. The summed E-state index contributed by atoms with van der Waals surface area (Å²) >= 11 is 1.65. The number of nitrogens with one attached hydrogen (secondary N) is 1. The van der Waals surface area contributed by atoms with Crippen molar-refractivity contribution in [2.45, 2.75) is 31.8 Å². The molecule has 1 aliphatic heterocycles. The first-order valence-electron chi connectivity index (χ1n) is 7.75. The number of H-pyrrole nitrogens is 1. The van der Waals surface area contributed by atoms with Gasteiger partial charge in [0.25, 0.3) is 5.91 Å². The van der Waals surface area contributed by atoms with E-state index in [1.807, 2.05) is 19.1 Å². The minimum absolute atomic E-state index is 0.136. The van der Waals surface area contributed by atoms with Crippen LogP contribution in [0.3, 0.4) is 0 Å². The van der Waals surface area contributed by atoms with E-state index in [9.17, 15) is 15.0 Å². The van der Waals surface area contributed by atoms with Gasteiger partial charge in [0.2, 0.25) is 0 Å². The van der Waals surface area contributed by atoms with Crippen molar-refractivity contribution in [3.8, 4) is 10.6 Å². The Morgan fingerprint density at radius 3 is 2.96 bits per heavy atom. The summed E-state index contributed by atoms with van der Waals surface area (Å²) in [4.78, 5) is 16.6. The molecule has 2 aromatic rings. The highest BCUT2D eigenvalue weighted by molar-refractivity contribution is 7.15. The number of aromatic amines is 1. The molecule has 3 rings (SSSR count). The zero-order chi connectivity index (χ0) is 16.4. The van der Waals surface area contributed by atoms with Gasteiger partial charge in [-0.2, -0.15) is 5.10 Å². The molecule has 0 bridgehead atoms. The highest BCUT2D eigenvalue weighted by Gasteiger charge is 2.31. The Bertz CT molecular complexity index is 696. The molecule has 0 saturated carbocycles. The fraction of sp³-hybridized carbons (Fsp3) is 0.500. The van der Waals surface area contributed by atoms with Crippen LogP contribution < -0.4 is 0 Å². The molecule has 3 heterocycles. The first-order chi connectivity index (χ1) is 11.0. The van der Waals surface area contributed by atoms with Crippen LogP contribution in [0.4, 0.5) is 0 Å². The van der Waals surface area contributed by atoms with Gasteiger partial charge in [0, 0.05) is 18.0 Å². The normalized spacial score (nSPS) is 22.1. The van der Waals surface area contributed by atoms with E-state index in [0.29, 0.717) is 38.0 Å². The third-order valence-electron chi connectivity index (χ3n) is 4.30. The lowest BCUT2D eigenvalue weighted by molar-refractivity contribution is -0.0250. The van der Waals surface area contributed by atoms with Gasteiger partial charge in [0.15, 0.2) is 5.69 Å². The van der Waals surface area contributed by atoms with Crippen molar-refractivity contribution in [3.63, 3.8) is 0 Å². The van der Waals surface area contributed by atoms with Crippen LogP contribution in [0.1, 0.15) is 34.6 Å². The summed E-state index contributed by atoms with van der Waals surface area (Å²) in [5, 5.41) is 26.5. The van der Waals surface area contributed by atoms with Gasteiger partial charge in [-0.3, -0.25) is 9.89 Å². The summed E-state index contributed by atoms with van der Waals surface area (Å²) in [6.45, 7) is 2.77. The number of likely N-dealkylation sites (tertiary alicyclic amines) is 1. The molecule has 3 N–H and O–H groups in total. The Labute approximate surface area is 138 Å². The maximum atomic E-state index is 12.6. The van der Waals surface area contributed by atoms with Crippen molar-refractivity contribution in [1.29, 1.82) is 0 Å². The highest BCUT2D eigenvalue weighted by Crippen LogP contribution is 2.27. The van der Waals surface area contributed by atoms with Crippen molar-refractivity contribution in [1.82, 2.24) is 15.1 Å². The molecule has 1 fully saturated rings. The molecule has 1 amide bonds. The quantitative estimate of drug-likeness (QED) is 0.798. The zero-order valence-corrected chi connectivity index (χ0v) is 13.9. The fourth-order valence-electron chi connectivity index (χ4n) is 2.84. The third kappa shape index (κ3) is 3.46. The van der Waals surface area contributed by atoms with Crippen LogP contribution in [0, 0.1) is 6.92 Å². The molecule has 6 nitrogen and oxygen atoms in total. The molecule has 2 aromatic heterocycles. The summed E-state index contributed by atoms with van der Waals surface area (Å²) in [6, 6.07) is 5.82. The van der Waals surface area contributed by atoms with Crippen LogP contribution in [0.25, 0.3) is 10.6 Å². The summed E-state index contributed by atoms with van der Waals surface area (Å²) in [5.41, 5.74) is 0.161. The average Bonchev–Trinajstić information content (AvgIpc) is 3.14. The minimum atomic E-state index is -1.07. The van der Waals surface area contributed by atoms with E-state index in [0.717, 1.165) is 10.6 Å². The number of carbonyl (C=O) groups excluding carboxylic acids is 1. The van der Waals surface area contributed by atoms with E-state index in [4.69, 9.17) is 0 Å². The molecule has 1 aliphatic rings. The Balaban J connectivity index is 1.72. The predicted molar refractivity (Wildman–Crippen MR) is 88.4 cm³/mol. The minimum Gasteiger partial charge on any atom is -0.393 e. The molecule has 1 atom stereocenters. The average molecular weight is 335 g/mol. The predicted octanol–water partition coefficient (Wildman–Crippen LogP) is 1.80. The van der Waals surface area contributed by atoms with Crippen LogP contribution in [0.5, 0.6) is 0 Å². The summed E-state index contributed by atoms with van der Waals surface area (Å²) < 4.78 is 0. The second-order valence-electron chi connectivity index (χ2n) is 6.11. The van der Waals surface area contributed by atoms with Crippen LogP contribution >= 0.6 is 11.3 Å². The van der Waals surface area contributed by atoms with E-state index in [1.54, 1.807) is 22.3 Å². The lowest BCUT2D eigenvalue weighted by Crippen LogP contribution is -2.36. The molecule has 0 aromatic carbocycles. The van der Waals surface area contributed by atoms with E-state index in [2.05, 4.69) is 10.2 Å². The van der Waals surface area contributed by atoms with E-state index in [1.165, 1.54) is 4.88 Å². The van der Waals surface area contributed by atoms with Crippen molar-refractivity contribution in [2.75, 3.05) is 19.7 Å². The molecular formula is C16H21N3O3S. The topological polar surface area (TPSA) is 89.5 Å². The number of aliphatic hydroxyl groups is 2. The van der Waals surface area contributed by atoms with Gasteiger partial charge in [0.1, 0.15) is 0 Å². The highest BCUT2D eigenvalue weighted by atomic mass is 32.1. The number of rotatable bonds is 3. The molecule has 7 heteroatoms. The van der Waals surface area contributed by atoms with Gasteiger partial charge in [-0.25, -0.2) is 0 Å². The number of nitrogens with zero attached hydrogens (tertiary/aromatic N) is 2. The van der Waals surface area contributed by atoms with E-state index >= 15 is 0 Å². The Morgan fingerprint density at radius 2 is 2.26 bits per heavy atom. The summed E-state index contributed by atoms with van der Waals surface area (Å²) in [6.07, 6.45) is 1.56. The smallest absolute Gasteiger partial charge is 0.274 e. The third-order valence-corrected chi connectivity index (χ3v) is 5.34. The van der Waals surface area contributed by atoms with Crippen molar-refractivity contribution in [3.05, 3.63) is 28.8 Å². The molecule has 124 valence electrons. The SMILES string of the molecule is Cc1ccc(-c2cc(C(=O)N3CCC[C@](O)(CO)CC3)n[nH]2)s1. The van der Waals surface area contributed by atoms with Gasteiger partial charge < -0.3 is 15.1 Å². The Hall–Kier alpha value is -1.70. The molecule has 23 heavy (non-hydrogen) atoms. The van der Waals surface area contributed by atoms with E-state index < -0.39 is 5.60 Å². The van der Waals surface area contributed by atoms with Crippen LogP contribution in [0.15, 0.2) is 18.2 Å². The fourth-order valence-corrected chi connectivity index (χ4v) is 3.67. The van der Waals surface area contributed by atoms with Gasteiger partial charge in [0.05, 0.1) is 22.8 Å². The second-order valence-corrected chi connectivity index (χ2v) is 7.39. The lowest BCUT2D eigenvalue weighted by Gasteiger charge is -2.24. The summed E-state index contributed by atoms with van der Waals surface area (Å²) in [7, 11) is 0. The van der Waals surface area contributed by atoms with Crippen molar-refractivity contribution < 1.29 is 15.0 Å². The standard InChI is InChI=1S/C16H21N3O3S/c1-11-3-4-14(23-11)12-9-13(18-17-12)15(21)19-7-2-5-16(22,10-20)6-8-19/h3-4,9,20,22H,2,5-8,10H2,1H3,(H,17,18)/t16-/m1/s1. The van der Waals surface area contributed by atoms with Gasteiger partial charge in [-0.15, -0.1) is 11.3 Å². The molecule has 0 radical (unpaired) electrons. The first-order valence-corrected chi connectivity index (χ1v) is 8.57. The number of hydrogen-bond donors (Lipinski definition) is 3. The summed E-state index contributed by atoms with van der Waals surface area (Å²) in [5.74, 6) is -0.136. The second kappa shape index (κ2) is 6.43. The van der Waals surface area contributed by atoms with Gasteiger partial charge >= 0.3 is 0 Å². The molecular weight excluding hydrogens is 314 g/mol. The maximum absolute atomic E-state index is 12.6. The largest absolute Gasteiger partial charge is 0.393 e. The Morgan fingerprint density at radius 1 is 1.43 bits per heavy atom. The zero-order valence-electron chi connectivity index (χ0n) is 13.1. The maximum Gasteiger partial charge on any atom is 0.274 e. The molecule has 0 aliphatic carbocycles.